The summed E-state index contributed by atoms with van der Waals surface area (Å²) in [5, 5.41) is 18.4. The molecular formula is C35H41N3O3. The summed E-state index contributed by atoms with van der Waals surface area (Å²) in [6.07, 6.45) is 6.17. The van der Waals surface area contributed by atoms with Gasteiger partial charge in [-0.1, -0.05) is 111 Å². The smallest absolute Gasteiger partial charge is 0.321 e. The molecule has 0 bridgehead atoms. The van der Waals surface area contributed by atoms with E-state index in [2.05, 4.69) is 35.8 Å². The Morgan fingerprint density at radius 3 is 2.34 bits per heavy atom. The van der Waals surface area contributed by atoms with Crippen molar-refractivity contribution < 1.29 is 14.7 Å². The Morgan fingerprint density at radius 2 is 1.56 bits per heavy atom. The molecule has 4 rings (SSSR count). The molecule has 6 heteroatoms. The van der Waals surface area contributed by atoms with Crippen LogP contribution in [-0.2, 0) is 17.8 Å². The Balaban J connectivity index is 1.35. The molecule has 0 heterocycles. The Bertz CT molecular complexity index is 1430. The minimum atomic E-state index is -0.871. The Morgan fingerprint density at radius 1 is 0.829 bits per heavy atom. The zero-order chi connectivity index (χ0) is 29.0. The molecule has 4 aromatic carbocycles. The van der Waals surface area contributed by atoms with Crippen molar-refractivity contribution in [2.75, 3.05) is 18.5 Å². The summed E-state index contributed by atoms with van der Waals surface area (Å²) in [5.74, 6) is -0.871. The van der Waals surface area contributed by atoms with E-state index in [0.717, 1.165) is 51.6 Å². The van der Waals surface area contributed by atoms with Crippen molar-refractivity contribution in [3.05, 3.63) is 102 Å². The second-order valence-electron chi connectivity index (χ2n) is 10.6. The molecule has 41 heavy (non-hydrogen) atoms. The van der Waals surface area contributed by atoms with E-state index < -0.39 is 12.0 Å². The Hall–Kier alpha value is -4.16. The number of nitrogens with one attached hydrogen (secondary N) is 2. The molecule has 0 aliphatic carbocycles. The van der Waals surface area contributed by atoms with E-state index in [4.69, 9.17) is 0 Å². The lowest BCUT2D eigenvalue weighted by Crippen LogP contribution is -2.38. The monoisotopic (exact) mass is 551 g/mol. The highest BCUT2D eigenvalue weighted by Gasteiger charge is 2.18. The first-order valence-electron chi connectivity index (χ1n) is 14.6. The fourth-order valence-corrected chi connectivity index (χ4v) is 5.05. The molecule has 214 valence electrons. The maximum absolute atomic E-state index is 12.7. The van der Waals surface area contributed by atoms with Crippen LogP contribution in [0, 0.1) is 0 Å². The average Bonchev–Trinajstić information content (AvgIpc) is 3.00. The summed E-state index contributed by atoms with van der Waals surface area (Å²) in [6, 6.07) is 29.3. The molecule has 0 spiro atoms. The van der Waals surface area contributed by atoms with Crippen LogP contribution in [0.5, 0.6) is 0 Å². The zero-order valence-electron chi connectivity index (χ0n) is 24.1. The van der Waals surface area contributed by atoms with E-state index in [0.29, 0.717) is 19.5 Å². The summed E-state index contributed by atoms with van der Waals surface area (Å²) in [7, 11) is 1.78. The number of aliphatic carboxylic acids is 1. The van der Waals surface area contributed by atoms with E-state index in [9.17, 15) is 14.7 Å². The van der Waals surface area contributed by atoms with Crippen molar-refractivity contribution in [2.24, 2.45) is 0 Å². The standard InChI is InChI=1S/C35H41N3O3/c1-3-4-5-6-9-22-36-35(41)38(2)31-16-11-14-29(24-31)27-20-18-26(19-21-27)23-33(34(39)40)37-25-30-15-10-13-28-12-7-8-17-32(28)30/h7-8,10-21,24,33,37H,3-6,9,22-23,25H2,1-2H3,(H,36,41)(H,39,40). The van der Waals surface area contributed by atoms with Crippen molar-refractivity contribution in [3.63, 3.8) is 0 Å². The molecule has 0 saturated carbocycles. The first-order chi connectivity index (χ1) is 20.0. The predicted molar refractivity (Wildman–Crippen MR) is 168 cm³/mol. The quantitative estimate of drug-likeness (QED) is 0.143. The van der Waals surface area contributed by atoms with Crippen LogP contribution in [0.15, 0.2) is 91.0 Å². The lowest BCUT2D eigenvalue weighted by atomic mass is 9.99. The first-order valence-corrected chi connectivity index (χ1v) is 14.6. The van der Waals surface area contributed by atoms with E-state index in [1.807, 2.05) is 72.8 Å². The van der Waals surface area contributed by atoms with Crippen LogP contribution in [0.2, 0.25) is 0 Å². The van der Waals surface area contributed by atoms with Gasteiger partial charge in [-0.3, -0.25) is 15.0 Å². The molecule has 0 aromatic heterocycles. The minimum Gasteiger partial charge on any atom is -0.480 e. The second kappa shape index (κ2) is 15.0. The highest BCUT2D eigenvalue weighted by Crippen LogP contribution is 2.25. The number of carbonyl (C=O) groups excluding carboxylic acids is 1. The highest BCUT2D eigenvalue weighted by molar-refractivity contribution is 5.92. The summed E-state index contributed by atoms with van der Waals surface area (Å²) >= 11 is 0. The molecule has 4 aromatic rings. The molecule has 1 unspecified atom stereocenters. The van der Waals surface area contributed by atoms with Crippen molar-refractivity contribution in [3.8, 4) is 11.1 Å². The fraction of sp³-hybridized carbons (Fsp3) is 0.314. The lowest BCUT2D eigenvalue weighted by molar-refractivity contribution is -0.139. The summed E-state index contributed by atoms with van der Waals surface area (Å²) < 4.78 is 0. The number of carbonyl (C=O) groups is 2. The van der Waals surface area contributed by atoms with Crippen LogP contribution in [0.25, 0.3) is 21.9 Å². The number of carboxylic acids is 1. The largest absolute Gasteiger partial charge is 0.480 e. The average molecular weight is 552 g/mol. The SMILES string of the molecule is CCCCCCCNC(=O)N(C)c1cccc(-c2ccc(CC(NCc3cccc4ccccc34)C(=O)O)cc2)c1. The third-order valence-electron chi connectivity index (χ3n) is 7.54. The van der Waals surface area contributed by atoms with Crippen molar-refractivity contribution in [1.82, 2.24) is 10.6 Å². The van der Waals surface area contributed by atoms with Crippen LogP contribution in [0.1, 0.15) is 50.2 Å². The number of nitrogens with zero attached hydrogens (tertiary/aromatic N) is 1. The number of unbranched alkanes of at least 4 members (excludes halogenated alkanes) is 4. The molecule has 1 atom stereocenters. The van der Waals surface area contributed by atoms with E-state index in [-0.39, 0.29) is 6.03 Å². The van der Waals surface area contributed by atoms with Crippen molar-refractivity contribution in [2.45, 2.75) is 58.0 Å². The molecular weight excluding hydrogens is 510 g/mol. The van der Waals surface area contributed by atoms with Gasteiger partial charge in [-0.15, -0.1) is 0 Å². The van der Waals surface area contributed by atoms with E-state index in [1.54, 1.807) is 11.9 Å². The van der Waals surface area contributed by atoms with Crippen LogP contribution in [0.4, 0.5) is 10.5 Å². The van der Waals surface area contributed by atoms with Gasteiger partial charge in [0.2, 0.25) is 0 Å². The lowest BCUT2D eigenvalue weighted by Gasteiger charge is -2.19. The minimum absolute atomic E-state index is 0.108. The van der Waals surface area contributed by atoms with Crippen LogP contribution in [-0.4, -0.2) is 36.7 Å². The topological polar surface area (TPSA) is 81.7 Å². The number of fused-ring (bicyclic) bond motifs is 1. The number of anilines is 1. The molecule has 0 fully saturated rings. The van der Waals surface area contributed by atoms with Gasteiger partial charge in [0.1, 0.15) is 6.04 Å². The normalized spacial score (nSPS) is 11.8. The molecule has 0 saturated heterocycles. The highest BCUT2D eigenvalue weighted by atomic mass is 16.4. The van der Waals surface area contributed by atoms with Crippen LogP contribution >= 0.6 is 0 Å². The third-order valence-corrected chi connectivity index (χ3v) is 7.54. The van der Waals surface area contributed by atoms with Gasteiger partial charge in [-0.25, -0.2) is 4.79 Å². The van der Waals surface area contributed by atoms with Gasteiger partial charge in [0.25, 0.3) is 0 Å². The molecule has 6 nitrogen and oxygen atoms in total. The summed E-state index contributed by atoms with van der Waals surface area (Å²) in [5.41, 5.74) is 4.85. The number of benzene rings is 4. The second-order valence-corrected chi connectivity index (χ2v) is 10.6. The van der Waals surface area contributed by atoms with Gasteiger partial charge < -0.3 is 10.4 Å². The first kappa shape index (κ1) is 29.8. The molecule has 3 N–H and O–H groups in total. The Labute approximate surface area is 243 Å². The maximum Gasteiger partial charge on any atom is 0.321 e. The van der Waals surface area contributed by atoms with E-state index in [1.165, 1.54) is 19.3 Å². The summed E-state index contributed by atoms with van der Waals surface area (Å²) in [4.78, 5) is 26.4. The fourth-order valence-electron chi connectivity index (χ4n) is 5.05. The maximum atomic E-state index is 12.7. The molecule has 0 aliphatic rings. The number of urea groups is 1. The summed E-state index contributed by atoms with van der Waals surface area (Å²) in [6.45, 7) is 3.35. The number of hydrogen-bond donors (Lipinski definition) is 3. The third kappa shape index (κ3) is 8.41. The van der Waals surface area contributed by atoms with Gasteiger partial charge in [-0.05, 0) is 58.0 Å². The van der Waals surface area contributed by atoms with Gasteiger partial charge in [0.15, 0.2) is 0 Å². The van der Waals surface area contributed by atoms with Crippen molar-refractivity contribution >= 4 is 28.5 Å². The van der Waals surface area contributed by atoms with Crippen LogP contribution < -0.4 is 15.5 Å². The van der Waals surface area contributed by atoms with Gasteiger partial charge in [0.05, 0.1) is 0 Å². The van der Waals surface area contributed by atoms with Crippen LogP contribution in [0.3, 0.4) is 0 Å². The van der Waals surface area contributed by atoms with Gasteiger partial charge >= 0.3 is 12.0 Å². The predicted octanol–water partition coefficient (Wildman–Crippen LogP) is 7.41. The van der Waals surface area contributed by atoms with Gasteiger partial charge in [-0.2, -0.15) is 0 Å². The number of amides is 2. The number of hydrogen-bond acceptors (Lipinski definition) is 3. The van der Waals surface area contributed by atoms with Gasteiger partial charge in [0, 0.05) is 25.8 Å². The van der Waals surface area contributed by atoms with Crippen molar-refractivity contribution in [1.29, 1.82) is 0 Å². The molecule has 2 amide bonds. The van der Waals surface area contributed by atoms with E-state index >= 15 is 0 Å². The Kier molecular flexibility index (Phi) is 10.9. The number of rotatable bonds is 14. The number of carboxylic acid groups (broad SMARTS) is 1. The molecule has 0 radical (unpaired) electrons. The zero-order valence-corrected chi connectivity index (χ0v) is 24.1. The molecule has 0 aliphatic heterocycles.